The van der Waals surface area contributed by atoms with Crippen LogP contribution in [0.4, 0.5) is 0 Å². The van der Waals surface area contributed by atoms with Gasteiger partial charge < -0.3 is 5.73 Å². The summed E-state index contributed by atoms with van der Waals surface area (Å²) in [4.78, 5) is 0. The predicted molar refractivity (Wildman–Crippen MR) is 72.4 cm³/mol. The molecule has 17 heavy (non-hydrogen) atoms. The van der Waals surface area contributed by atoms with Crippen molar-refractivity contribution in [1.82, 2.24) is 0 Å². The van der Waals surface area contributed by atoms with Crippen LogP contribution in [0.5, 0.6) is 0 Å². The van der Waals surface area contributed by atoms with Gasteiger partial charge in [-0.05, 0) is 41.8 Å². The van der Waals surface area contributed by atoms with Crippen LogP contribution in [0.25, 0.3) is 0 Å². The Hall–Kier alpha value is -1.64. The number of rotatable bonds is 4. The highest BCUT2D eigenvalue weighted by Crippen LogP contribution is 2.31. The van der Waals surface area contributed by atoms with Crippen LogP contribution >= 0.6 is 0 Å². The Labute approximate surface area is 104 Å². The van der Waals surface area contributed by atoms with Crippen molar-refractivity contribution in [3.63, 3.8) is 0 Å². The molecule has 1 heterocycles. The van der Waals surface area contributed by atoms with E-state index in [4.69, 9.17) is 5.73 Å². The van der Waals surface area contributed by atoms with Gasteiger partial charge >= 0.3 is 0 Å². The molecule has 92 valence electrons. The number of hydrogen-bond donors (Lipinski definition) is 1. The molecule has 0 fully saturated rings. The average Bonchev–Trinajstić information content (AvgIpc) is 2.93. The molecule has 1 aliphatic rings. The normalized spacial score (nSPS) is 19.2. The molecule has 3 heteroatoms. The summed E-state index contributed by atoms with van der Waals surface area (Å²) in [6.45, 7) is 12.5. The summed E-state index contributed by atoms with van der Waals surface area (Å²) in [6.07, 6.45) is 9.29. The zero-order valence-corrected chi connectivity index (χ0v) is 11.1. The van der Waals surface area contributed by atoms with Gasteiger partial charge in [-0.1, -0.05) is 39.5 Å². The molecule has 0 bridgehead atoms. The van der Waals surface area contributed by atoms with Crippen molar-refractivity contribution in [3.8, 4) is 0 Å². The maximum absolute atomic E-state index is 5.46. The lowest BCUT2D eigenvalue weighted by Crippen LogP contribution is -2.09. The van der Waals surface area contributed by atoms with Gasteiger partial charge in [0.2, 0.25) is 5.66 Å². The first-order chi connectivity index (χ1) is 7.78. The van der Waals surface area contributed by atoms with Crippen LogP contribution in [0.3, 0.4) is 0 Å². The third kappa shape index (κ3) is 4.02. The van der Waals surface area contributed by atoms with E-state index in [0.717, 1.165) is 11.1 Å². The summed E-state index contributed by atoms with van der Waals surface area (Å²) < 4.78 is 0. The topological polar surface area (TPSA) is 50.7 Å². The molecule has 0 saturated heterocycles. The highest BCUT2D eigenvalue weighted by Gasteiger charge is 2.29. The van der Waals surface area contributed by atoms with Gasteiger partial charge in [-0.25, -0.2) is 0 Å². The smallest absolute Gasteiger partial charge is 0.206 e. The first-order valence-corrected chi connectivity index (χ1v) is 5.70. The molecule has 3 nitrogen and oxygen atoms in total. The number of nitrogens with zero attached hydrogens (tertiary/aromatic N) is 2. The molecule has 0 aliphatic carbocycles. The predicted octanol–water partition coefficient (Wildman–Crippen LogP) is 3.73. The Morgan fingerprint density at radius 1 is 1.29 bits per heavy atom. The van der Waals surface area contributed by atoms with Crippen molar-refractivity contribution in [1.29, 1.82) is 0 Å². The Bertz CT molecular complexity index is 411. The molecule has 0 aromatic rings. The van der Waals surface area contributed by atoms with E-state index in [1.165, 1.54) is 6.20 Å². The summed E-state index contributed by atoms with van der Waals surface area (Å²) in [5, 5.41) is 7.83. The van der Waals surface area contributed by atoms with Crippen molar-refractivity contribution in [2.75, 3.05) is 0 Å². The minimum absolute atomic E-state index is 0.0252. The molecule has 0 atom stereocenters. The molecule has 0 radical (unpaired) electrons. The van der Waals surface area contributed by atoms with Gasteiger partial charge in [0.1, 0.15) is 0 Å². The van der Waals surface area contributed by atoms with Crippen LogP contribution in [0.15, 0.2) is 58.5 Å². The Morgan fingerprint density at radius 3 is 2.29 bits per heavy atom. The second kappa shape index (κ2) is 4.70. The van der Waals surface area contributed by atoms with E-state index in [1.54, 1.807) is 0 Å². The summed E-state index contributed by atoms with van der Waals surface area (Å²) in [6, 6.07) is 0. The number of nitrogens with two attached hydrogens (primary N) is 1. The Balaban J connectivity index is 2.82. The van der Waals surface area contributed by atoms with Crippen molar-refractivity contribution >= 4 is 0 Å². The fraction of sp³-hybridized carbons (Fsp3) is 0.429. The van der Waals surface area contributed by atoms with E-state index in [2.05, 4.69) is 37.6 Å². The molecule has 0 spiro atoms. The Kier molecular flexibility index (Phi) is 3.71. The third-order valence-electron chi connectivity index (χ3n) is 2.63. The zero-order valence-electron chi connectivity index (χ0n) is 11.1. The molecule has 1 aliphatic heterocycles. The lowest BCUT2D eigenvalue weighted by atomic mass is 9.83. The third-order valence-corrected chi connectivity index (χ3v) is 2.63. The zero-order chi connectivity index (χ0) is 13.1. The van der Waals surface area contributed by atoms with Gasteiger partial charge in [0.25, 0.3) is 0 Å². The standard InChI is InChI=1S/C14H21N3/c1-11(13(2,3)4)12(8-10-15)7-6-9-14(5)16-17-14/h6-10H,1,15H2,2-5H3/b9-6+,10-8-,12-7+. The highest BCUT2D eigenvalue weighted by atomic mass is 15.4. The van der Waals surface area contributed by atoms with E-state index >= 15 is 0 Å². The average molecular weight is 231 g/mol. The van der Waals surface area contributed by atoms with Gasteiger partial charge in [-0.15, -0.1) is 0 Å². The van der Waals surface area contributed by atoms with Gasteiger partial charge in [0, 0.05) is 0 Å². The summed E-state index contributed by atoms with van der Waals surface area (Å²) in [5.74, 6) is 0. The summed E-state index contributed by atoms with van der Waals surface area (Å²) >= 11 is 0. The van der Waals surface area contributed by atoms with Crippen molar-refractivity contribution in [3.05, 3.63) is 48.2 Å². The van der Waals surface area contributed by atoms with Crippen LogP contribution in [0.1, 0.15) is 27.7 Å². The Morgan fingerprint density at radius 2 is 1.88 bits per heavy atom. The number of hydrogen-bond acceptors (Lipinski definition) is 3. The summed E-state index contributed by atoms with van der Waals surface area (Å²) in [7, 11) is 0. The van der Waals surface area contributed by atoms with Crippen LogP contribution in [0.2, 0.25) is 0 Å². The molecular formula is C14H21N3. The fourth-order valence-electron chi connectivity index (χ4n) is 1.27. The minimum atomic E-state index is -0.308. The first-order valence-electron chi connectivity index (χ1n) is 5.70. The quantitative estimate of drug-likeness (QED) is 0.736. The van der Waals surface area contributed by atoms with E-state index in [-0.39, 0.29) is 11.1 Å². The largest absolute Gasteiger partial charge is 0.405 e. The van der Waals surface area contributed by atoms with Gasteiger partial charge in [-0.2, -0.15) is 10.2 Å². The molecule has 0 aromatic heterocycles. The van der Waals surface area contributed by atoms with Crippen molar-refractivity contribution in [2.45, 2.75) is 33.4 Å². The fourth-order valence-corrected chi connectivity index (χ4v) is 1.27. The molecular weight excluding hydrogens is 210 g/mol. The molecule has 2 N–H and O–H groups in total. The second-order valence-corrected chi connectivity index (χ2v) is 5.36. The second-order valence-electron chi connectivity index (χ2n) is 5.36. The van der Waals surface area contributed by atoms with Crippen molar-refractivity contribution in [2.24, 2.45) is 21.4 Å². The van der Waals surface area contributed by atoms with E-state index in [9.17, 15) is 0 Å². The van der Waals surface area contributed by atoms with Gasteiger partial charge in [0.05, 0.1) is 0 Å². The van der Waals surface area contributed by atoms with Crippen LogP contribution in [0, 0.1) is 5.41 Å². The van der Waals surface area contributed by atoms with E-state index in [0.29, 0.717) is 0 Å². The highest BCUT2D eigenvalue weighted by molar-refractivity contribution is 5.43. The van der Waals surface area contributed by atoms with E-state index < -0.39 is 0 Å². The molecule has 0 saturated carbocycles. The summed E-state index contributed by atoms with van der Waals surface area (Å²) in [5.41, 5.74) is 7.26. The first kappa shape index (κ1) is 13.4. The van der Waals surface area contributed by atoms with Gasteiger partial charge in [-0.3, -0.25) is 0 Å². The lowest BCUT2D eigenvalue weighted by molar-refractivity contribution is 0.514. The SMILES string of the molecule is C=C(C(/C=C\N)=C/C=C/C1(C)N=N1)C(C)(C)C. The molecule has 0 aromatic carbocycles. The number of allylic oxidation sites excluding steroid dienone is 5. The molecule has 1 rings (SSSR count). The van der Waals surface area contributed by atoms with E-state index in [1.807, 2.05) is 31.2 Å². The molecule has 0 unspecified atom stereocenters. The maximum atomic E-state index is 5.46. The van der Waals surface area contributed by atoms with Crippen LogP contribution in [-0.4, -0.2) is 5.66 Å². The van der Waals surface area contributed by atoms with Crippen molar-refractivity contribution < 1.29 is 0 Å². The van der Waals surface area contributed by atoms with Crippen LogP contribution in [-0.2, 0) is 0 Å². The maximum Gasteiger partial charge on any atom is 0.206 e. The lowest BCUT2D eigenvalue weighted by Gasteiger charge is -2.22. The van der Waals surface area contributed by atoms with Gasteiger partial charge in [0.15, 0.2) is 0 Å². The monoisotopic (exact) mass is 231 g/mol. The minimum Gasteiger partial charge on any atom is -0.405 e. The molecule has 0 amide bonds. The van der Waals surface area contributed by atoms with Crippen LogP contribution < -0.4 is 5.73 Å².